The van der Waals surface area contributed by atoms with Gasteiger partial charge in [0.2, 0.25) is 0 Å². The van der Waals surface area contributed by atoms with Crippen LogP contribution in [0.1, 0.15) is 38.5 Å². The zero-order valence-corrected chi connectivity index (χ0v) is 7.84. The van der Waals surface area contributed by atoms with Gasteiger partial charge in [-0.3, -0.25) is 9.18 Å². The lowest BCUT2D eigenvalue weighted by molar-refractivity contribution is -0.143. The Labute approximate surface area is 78.1 Å². The molecule has 1 rings (SSSR count). The molecule has 0 spiro atoms. The van der Waals surface area contributed by atoms with Crippen LogP contribution in [0, 0.1) is 11.8 Å². The molecule has 0 saturated heterocycles. The second kappa shape index (κ2) is 5.20. The minimum Gasteiger partial charge on any atom is -0.481 e. The highest BCUT2D eigenvalue weighted by Gasteiger charge is 2.25. The maximum atomic E-state index is 11.9. The average Bonchev–Trinajstić information content (AvgIpc) is 2.15. The second-order valence-electron chi connectivity index (χ2n) is 3.89. The molecule has 0 unspecified atom stereocenters. The highest BCUT2D eigenvalue weighted by atomic mass is 19.1. The smallest absolute Gasteiger partial charge is 0.306 e. The predicted octanol–water partition coefficient (Wildman–Crippen LogP) is 2.63. The van der Waals surface area contributed by atoms with E-state index in [9.17, 15) is 9.18 Å². The molecule has 0 radical (unpaired) electrons. The molecule has 0 aromatic carbocycles. The van der Waals surface area contributed by atoms with Crippen molar-refractivity contribution >= 4 is 5.97 Å². The maximum Gasteiger partial charge on any atom is 0.306 e. The van der Waals surface area contributed by atoms with Crippen LogP contribution in [0.5, 0.6) is 0 Å². The summed E-state index contributed by atoms with van der Waals surface area (Å²) in [5.41, 5.74) is 0. The van der Waals surface area contributed by atoms with Gasteiger partial charge in [-0.25, -0.2) is 0 Å². The monoisotopic (exact) mass is 188 g/mol. The molecule has 0 aromatic rings. The van der Waals surface area contributed by atoms with E-state index < -0.39 is 5.97 Å². The minimum absolute atomic E-state index is 0.137. The van der Waals surface area contributed by atoms with Crippen LogP contribution >= 0.6 is 0 Å². The Bertz CT molecular complexity index is 162. The van der Waals surface area contributed by atoms with Gasteiger partial charge in [0, 0.05) is 0 Å². The van der Waals surface area contributed by atoms with Crippen LogP contribution < -0.4 is 0 Å². The largest absolute Gasteiger partial charge is 0.481 e. The van der Waals surface area contributed by atoms with Crippen molar-refractivity contribution < 1.29 is 14.3 Å². The first-order valence-corrected chi connectivity index (χ1v) is 5.02. The van der Waals surface area contributed by atoms with E-state index in [-0.39, 0.29) is 12.6 Å². The van der Waals surface area contributed by atoms with Crippen molar-refractivity contribution in [3.05, 3.63) is 0 Å². The number of rotatable bonds is 4. The van der Waals surface area contributed by atoms with Gasteiger partial charge >= 0.3 is 5.97 Å². The Morgan fingerprint density at radius 1 is 1.31 bits per heavy atom. The number of carboxylic acid groups (broad SMARTS) is 1. The molecule has 1 N–H and O–H groups in total. The van der Waals surface area contributed by atoms with Crippen LogP contribution in [0.15, 0.2) is 0 Å². The summed E-state index contributed by atoms with van der Waals surface area (Å²) in [6.07, 6.45) is 5.08. The third-order valence-corrected chi connectivity index (χ3v) is 2.94. The normalized spacial score (nSPS) is 28.7. The lowest BCUT2D eigenvalue weighted by Crippen LogP contribution is -2.21. The molecule has 0 aromatic heterocycles. The Morgan fingerprint density at radius 3 is 2.38 bits per heavy atom. The molecule has 1 saturated carbocycles. The first-order valence-electron chi connectivity index (χ1n) is 5.02. The minimum atomic E-state index is -0.663. The number of alkyl halides is 1. The van der Waals surface area contributed by atoms with E-state index in [2.05, 4.69) is 0 Å². The van der Waals surface area contributed by atoms with E-state index >= 15 is 0 Å². The van der Waals surface area contributed by atoms with E-state index in [4.69, 9.17) is 5.11 Å². The van der Waals surface area contributed by atoms with Gasteiger partial charge in [0.05, 0.1) is 12.6 Å². The van der Waals surface area contributed by atoms with E-state index in [0.29, 0.717) is 12.3 Å². The number of carbonyl (C=O) groups is 1. The van der Waals surface area contributed by atoms with E-state index in [1.807, 2.05) is 0 Å². The lowest BCUT2D eigenvalue weighted by Gasteiger charge is -2.25. The van der Waals surface area contributed by atoms with Crippen molar-refractivity contribution in [3.63, 3.8) is 0 Å². The van der Waals surface area contributed by atoms with Gasteiger partial charge in [0.25, 0.3) is 0 Å². The van der Waals surface area contributed by atoms with Gasteiger partial charge in [-0.1, -0.05) is 0 Å². The fourth-order valence-corrected chi connectivity index (χ4v) is 2.06. The SMILES string of the molecule is O=C(O)C1CCC(CCCF)CC1. The van der Waals surface area contributed by atoms with Gasteiger partial charge in [-0.05, 0) is 44.4 Å². The van der Waals surface area contributed by atoms with Crippen LogP contribution in [0.3, 0.4) is 0 Å². The van der Waals surface area contributed by atoms with Gasteiger partial charge < -0.3 is 5.11 Å². The second-order valence-corrected chi connectivity index (χ2v) is 3.89. The number of hydrogen-bond donors (Lipinski definition) is 1. The molecule has 76 valence electrons. The summed E-state index contributed by atoms with van der Waals surface area (Å²) in [5, 5.41) is 8.74. The van der Waals surface area contributed by atoms with Gasteiger partial charge in [0.15, 0.2) is 0 Å². The average molecular weight is 188 g/mol. The molecule has 1 fully saturated rings. The number of aliphatic carboxylic acids is 1. The molecule has 2 nitrogen and oxygen atoms in total. The Morgan fingerprint density at radius 2 is 1.92 bits per heavy atom. The van der Waals surface area contributed by atoms with Crippen LogP contribution in [-0.4, -0.2) is 17.8 Å². The molecule has 1 aliphatic rings. The van der Waals surface area contributed by atoms with Crippen molar-refractivity contribution in [3.8, 4) is 0 Å². The summed E-state index contributed by atoms with van der Waals surface area (Å²) in [6.45, 7) is -0.237. The maximum absolute atomic E-state index is 11.9. The summed E-state index contributed by atoms with van der Waals surface area (Å²) in [5.74, 6) is -0.225. The van der Waals surface area contributed by atoms with E-state index in [0.717, 1.165) is 32.1 Å². The molecule has 0 heterocycles. The molecular formula is C10H17FO2. The van der Waals surface area contributed by atoms with Crippen molar-refractivity contribution in [2.24, 2.45) is 11.8 Å². The quantitative estimate of drug-likeness (QED) is 0.736. The molecule has 13 heavy (non-hydrogen) atoms. The van der Waals surface area contributed by atoms with Gasteiger partial charge in [-0.15, -0.1) is 0 Å². The van der Waals surface area contributed by atoms with Gasteiger partial charge in [0.1, 0.15) is 0 Å². The predicted molar refractivity (Wildman–Crippen MR) is 48.3 cm³/mol. The van der Waals surface area contributed by atoms with Crippen LogP contribution in [0.25, 0.3) is 0 Å². The fourth-order valence-electron chi connectivity index (χ4n) is 2.06. The van der Waals surface area contributed by atoms with Crippen molar-refractivity contribution in [2.75, 3.05) is 6.67 Å². The molecule has 1 aliphatic carbocycles. The van der Waals surface area contributed by atoms with Crippen molar-refractivity contribution in [1.82, 2.24) is 0 Å². The zero-order valence-electron chi connectivity index (χ0n) is 7.84. The first-order chi connectivity index (χ1) is 6.24. The molecule has 3 heteroatoms. The summed E-state index contributed by atoms with van der Waals surface area (Å²) in [7, 11) is 0. The third-order valence-electron chi connectivity index (χ3n) is 2.94. The van der Waals surface area contributed by atoms with Gasteiger partial charge in [-0.2, -0.15) is 0 Å². The topological polar surface area (TPSA) is 37.3 Å². The number of hydrogen-bond acceptors (Lipinski definition) is 1. The Kier molecular flexibility index (Phi) is 4.19. The fraction of sp³-hybridized carbons (Fsp3) is 0.900. The third kappa shape index (κ3) is 3.33. The Balaban J connectivity index is 2.18. The first kappa shape index (κ1) is 10.5. The zero-order chi connectivity index (χ0) is 9.68. The van der Waals surface area contributed by atoms with E-state index in [1.54, 1.807) is 0 Å². The molecular weight excluding hydrogens is 171 g/mol. The van der Waals surface area contributed by atoms with Crippen LogP contribution in [-0.2, 0) is 4.79 Å². The molecule has 0 amide bonds. The molecule has 0 atom stereocenters. The molecule has 0 bridgehead atoms. The summed E-state index contributed by atoms with van der Waals surface area (Å²) >= 11 is 0. The Hall–Kier alpha value is -0.600. The van der Waals surface area contributed by atoms with Crippen molar-refractivity contribution in [2.45, 2.75) is 38.5 Å². The van der Waals surface area contributed by atoms with Crippen LogP contribution in [0.2, 0.25) is 0 Å². The lowest BCUT2D eigenvalue weighted by atomic mass is 9.80. The number of halogens is 1. The summed E-state index contributed by atoms with van der Waals surface area (Å²) in [6, 6.07) is 0. The van der Waals surface area contributed by atoms with Crippen LogP contribution in [0.4, 0.5) is 4.39 Å². The highest BCUT2D eigenvalue weighted by Crippen LogP contribution is 2.31. The van der Waals surface area contributed by atoms with Crippen molar-refractivity contribution in [1.29, 1.82) is 0 Å². The molecule has 0 aliphatic heterocycles. The van der Waals surface area contributed by atoms with E-state index in [1.165, 1.54) is 0 Å². The highest BCUT2D eigenvalue weighted by molar-refractivity contribution is 5.69. The summed E-state index contributed by atoms with van der Waals surface area (Å²) in [4.78, 5) is 10.6. The number of carboxylic acids is 1. The standard InChI is InChI=1S/C10H17FO2/c11-7-1-2-8-3-5-9(6-4-8)10(12)13/h8-9H,1-7H2,(H,12,13). The summed E-state index contributed by atoms with van der Waals surface area (Å²) < 4.78 is 11.9.